The monoisotopic (exact) mass is 302 g/mol. The fourth-order valence-corrected chi connectivity index (χ4v) is 4.47. The van der Waals surface area contributed by atoms with Crippen molar-refractivity contribution >= 4 is 33.6 Å². The van der Waals surface area contributed by atoms with Crippen LogP contribution in [0.15, 0.2) is 17.5 Å². The number of nitriles is 1. The highest BCUT2D eigenvalue weighted by Crippen LogP contribution is 2.37. The van der Waals surface area contributed by atoms with E-state index in [0.717, 1.165) is 34.7 Å². The molecule has 0 radical (unpaired) electrons. The van der Waals surface area contributed by atoms with Crippen molar-refractivity contribution in [1.82, 2.24) is 0 Å². The molecule has 0 aliphatic heterocycles. The van der Waals surface area contributed by atoms with Crippen LogP contribution in [0.3, 0.4) is 0 Å². The van der Waals surface area contributed by atoms with Gasteiger partial charge in [-0.25, -0.2) is 0 Å². The average molecular weight is 302 g/mol. The summed E-state index contributed by atoms with van der Waals surface area (Å²) in [5.41, 5.74) is 1.85. The number of carbonyl (C=O) groups is 1. The molecule has 0 spiro atoms. The second-order valence-corrected chi connectivity index (χ2v) is 6.97. The number of thiophene rings is 2. The van der Waals surface area contributed by atoms with Crippen LogP contribution in [-0.4, -0.2) is 5.91 Å². The molecule has 1 aliphatic carbocycles. The highest BCUT2D eigenvalue weighted by atomic mass is 32.1. The number of hydrogen-bond donors (Lipinski definition) is 1. The number of rotatable bonds is 3. The molecule has 0 atom stereocenters. The molecule has 1 N–H and O–H groups in total. The first-order valence-electron chi connectivity index (χ1n) is 6.65. The lowest BCUT2D eigenvalue weighted by molar-refractivity contribution is -0.115. The molecule has 2 heterocycles. The quantitative estimate of drug-likeness (QED) is 0.939. The maximum absolute atomic E-state index is 12.1. The van der Waals surface area contributed by atoms with Gasteiger partial charge in [-0.05, 0) is 42.7 Å². The van der Waals surface area contributed by atoms with Gasteiger partial charge in [-0.2, -0.15) is 5.26 Å². The predicted octanol–water partition coefficient (Wildman–Crippen LogP) is 3.74. The van der Waals surface area contributed by atoms with Crippen LogP contribution < -0.4 is 5.32 Å². The van der Waals surface area contributed by atoms with Gasteiger partial charge in [-0.15, -0.1) is 22.7 Å². The van der Waals surface area contributed by atoms with Gasteiger partial charge in [0.25, 0.3) is 0 Å². The van der Waals surface area contributed by atoms with Crippen molar-refractivity contribution in [1.29, 1.82) is 5.26 Å². The van der Waals surface area contributed by atoms with E-state index >= 15 is 0 Å². The largest absolute Gasteiger partial charge is 0.316 e. The standard InChI is InChI=1S/C15H14N2OS2/c16-9-12-11-5-1-2-6-13(11)20-15(12)17-14(18)8-10-4-3-7-19-10/h3-4,7H,1-2,5-6,8H2,(H,17,18). The molecule has 2 aromatic heterocycles. The Kier molecular flexibility index (Phi) is 3.86. The molecular formula is C15H14N2OS2. The van der Waals surface area contributed by atoms with Gasteiger partial charge in [0, 0.05) is 9.75 Å². The topological polar surface area (TPSA) is 52.9 Å². The van der Waals surface area contributed by atoms with E-state index in [1.165, 1.54) is 11.3 Å². The van der Waals surface area contributed by atoms with E-state index in [1.807, 2.05) is 17.5 Å². The third-order valence-corrected chi connectivity index (χ3v) is 5.53. The lowest BCUT2D eigenvalue weighted by Gasteiger charge is -2.09. The van der Waals surface area contributed by atoms with Gasteiger partial charge in [0.05, 0.1) is 12.0 Å². The van der Waals surface area contributed by atoms with Gasteiger partial charge in [0.2, 0.25) is 5.91 Å². The first kappa shape index (κ1) is 13.3. The van der Waals surface area contributed by atoms with E-state index < -0.39 is 0 Å². The van der Waals surface area contributed by atoms with Crippen LogP contribution >= 0.6 is 22.7 Å². The molecule has 1 amide bonds. The maximum Gasteiger partial charge on any atom is 0.230 e. The van der Waals surface area contributed by atoms with Gasteiger partial charge < -0.3 is 5.32 Å². The molecule has 1 aliphatic rings. The van der Waals surface area contributed by atoms with Gasteiger partial charge in [0.15, 0.2) is 0 Å². The summed E-state index contributed by atoms with van der Waals surface area (Å²) in [7, 11) is 0. The Morgan fingerprint density at radius 2 is 2.25 bits per heavy atom. The molecule has 5 heteroatoms. The van der Waals surface area contributed by atoms with Crippen LogP contribution in [0.25, 0.3) is 0 Å². The minimum atomic E-state index is -0.0393. The fourth-order valence-electron chi connectivity index (χ4n) is 2.51. The molecule has 102 valence electrons. The van der Waals surface area contributed by atoms with Crippen molar-refractivity contribution in [2.45, 2.75) is 32.1 Å². The number of fused-ring (bicyclic) bond motifs is 1. The molecule has 3 nitrogen and oxygen atoms in total. The second-order valence-electron chi connectivity index (χ2n) is 4.83. The molecule has 0 bridgehead atoms. The third kappa shape index (κ3) is 2.62. The van der Waals surface area contributed by atoms with Crippen LogP contribution in [0.5, 0.6) is 0 Å². The van der Waals surface area contributed by atoms with Crippen molar-refractivity contribution in [3.8, 4) is 6.07 Å². The van der Waals surface area contributed by atoms with Crippen molar-refractivity contribution in [3.63, 3.8) is 0 Å². The highest BCUT2D eigenvalue weighted by Gasteiger charge is 2.21. The van der Waals surface area contributed by atoms with Crippen molar-refractivity contribution in [3.05, 3.63) is 38.4 Å². The molecule has 0 saturated carbocycles. The lowest BCUT2D eigenvalue weighted by atomic mass is 9.96. The predicted molar refractivity (Wildman–Crippen MR) is 82.3 cm³/mol. The SMILES string of the molecule is N#Cc1c(NC(=O)Cc2cccs2)sc2c1CCCC2. The zero-order chi connectivity index (χ0) is 13.9. The van der Waals surface area contributed by atoms with Gasteiger partial charge in [-0.3, -0.25) is 4.79 Å². The zero-order valence-corrected chi connectivity index (χ0v) is 12.6. The minimum Gasteiger partial charge on any atom is -0.316 e. The number of hydrogen-bond acceptors (Lipinski definition) is 4. The van der Waals surface area contributed by atoms with E-state index in [1.54, 1.807) is 22.7 Å². The molecule has 0 saturated heterocycles. The first-order chi connectivity index (χ1) is 9.78. The van der Waals surface area contributed by atoms with E-state index in [4.69, 9.17) is 0 Å². The summed E-state index contributed by atoms with van der Waals surface area (Å²) >= 11 is 3.15. The molecule has 0 fully saturated rings. The third-order valence-electron chi connectivity index (χ3n) is 3.45. The van der Waals surface area contributed by atoms with Crippen LogP contribution in [-0.2, 0) is 24.1 Å². The Morgan fingerprint density at radius 1 is 1.40 bits per heavy atom. The smallest absolute Gasteiger partial charge is 0.230 e. The average Bonchev–Trinajstić information content (AvgIpc) is 3.05. The Labute approximate surface area is 125 Å². The number of nitrogens with one attached hydrogen (secondary N) is 1. The lowest BCUT2D eigenvalue weighted by Crippen LogP contribution is -2.13. The van der Waals surface area contributed by atoms with E-state index in [0.29, 0.717) is 12.0 Å². The Hall–Kier alpha value is -1.64. The van der Waals surface area contributed by atoms with Crippen molar-refractivity contribution in [2.75, 3.05) is 5.32 Å². The molecule has 20 heavy (non-hydrogen) atoms. The minimum absolute atomic E-state index is 0.0393. The summed E-state index contributed by atoms with van der Waals surface area (Å²) in [6.45, 7) is 0. The molecule has 3 rings (SSSR count). The van der Waals surface area contributed by atoms with Crippen LogP contribution in [0.4, 0.5) is 5.00 Å². The summed E-state index contributed by atoms with van der Waals surface area (Å²) in [5, 5.41) is 15.0. The van der Waals surface area contributed by atoms with Gasteiger partial charge in [0.1, 0.15) is 11.1 Å². The number of amides is 1. The number of anilines is 1. The summed E-state index contributed by atoms with van der Waals surface area (Å²) < 4.78 is 0. The number of carbonyl (C=O) groups excluding carboxylic acids is 1. The van der Waals surface area contributed by atoms with Crippen molar-refractivity contribution in [2.24, 2.45) is 0 Å². The maximum atomic E-state index is 12.1. The summed E-state index contributed by atoms with van der Waals surface area (Å²) in [5.74, 6) is -0.0393. The summed E-state index contributed by atoms with van der Waals surface area (Å²) in [6, 6.07) is 6.16. The Morgan fingerprint density at radius 3 is 3.00 bits per heavy atom. The summed E-state index contributed by atoms with van der Waals surface area (Å²) in [6.07, 6.45) is 4.71. The molecule has 0 aromatic carbocycles. The number of nitrogens with zero attached hydrogens (tertiary/aromatic N) is 1. The van der Waals surface area contributed by atoms with E-state index in [2.05, 4.69) is 11.4 Å². The highest BCUT2D eigenvalue weighted by molar-refractivity contribution is 7.16. The Bertz CT molecular complexity index is 665. The normalized spacial score (nSPS) is 13.6. The van der Waals surface area contributed by atoms with E-state index in [-0.39, 0.29) is 5.91 Å². The molecular weight excluding hydrogens is 288 g/mol. The van der Waals surface area contributed by atoms with E-state index in [9.17, 15) is 10.1 Å². The summed E-state index contributed by atoms with van der Waals surface area (Å²) in [4.78, 5) is 14.4. The molecule has 2 aromatic rings. The van der Waals surface area contributed by atoms with Crippen LogP contribution in [0, 0.1) is 11.3 Å². The van der Waals surface area contributed by atoms with Gasteiger partial charge >= 0.3 is 0 Å². The van der Waals surface area contributed by atoms with Crippen LogP contribution in [0.1, 0.15) is 33.7 Å². The van der Waals surface area contributed by atoms with Gasteiger partial charge in [-0.1, -0.05) is 6.07 Å². The molecule has 0 unspecified atom stereocenters. The van der Waals surface area contributed by atoms with Crippen molar-refractivity contribution < 1.29 is 4.79 Å². The zero-order valence-electron chi connectivity index (χ0n) is 10.9. The second kappa shape index (κ2) is 5.78. The van der Waals surface area contributed by atoms with Crippen LogP contribution in [0.2, 0.25) is 0 Å². The first-order valence-corrected chi connectivity index (χ1v) is 8.34. The number of aryl methyl sites for hydroxylation is 1. The Balaban J connectivity index is 1.79. The fraction of sp³-hybridized carbons (Fsp3) is 0.333.